The Morgan fingerprint density at radius 3 is 2.68 bits per heavy atom. The molecule has 0 unspecified atom stereocenters. The first-order chi connectivity index (χ1) is 14.4. The number of benzene rings is 2. The van der Waals surface area contributed by atoms with Crippen LogP contribution in [-0.4, -0.2) is 33.5 Å². The van der Waals surface area contributed by atoms with Crippen molar-refractivity contribution >= 4 is 51.7 Å². The minimum absolute atomic E-state index is 0. The molecule has 2 N–H and O–H groups in total. The first-order valence-electron chi connectivity index (χ1n) is 10.0. The first kappa shape index (κ1) is 23.8. The zero-order chi connectivity index (χ0) is 21.1. The third-order valence-electron chi connectivity index (χ3n) is 5.44. The van der Waals surface area contributed by atoms with Gasteiger partial charge in [-0.2, -0.15) is 4.72 Å². The molecule has 2 aliphatic rings. The summed E-state index contributed by atoms with van der Waals surface area (Å²) in [4.78, 5) is 14.5. The van der Waals surface area contributed by atoms with Gasteiger partial charge in [0.05, 0.1) is 0 Å². The van der Waals surface area contributed by atoms with Crippen molar-refractivity contribution in [2.75, 3.05) is 18.0 Å². The lowest BCUT2D eigenvalue weighted by atomic mass is 10.0. The molecule has 2 aliphatic heterocycles. The van der Waals surface area contributed by atoms with Gasteiger partial charge in [0.1, 0.15) is 6.04 Å². The van der Waals surface area contributed by atoms with Gasteiger partial charge in [0.2, 0.25) is 15.9 Å². The Labute approximate surface area is 194 Å². The third-order valence-corrected chi connectivity index (χ3v) is 6.80. The molecule has 0 spiro atoms. The van der Waals surface area contributed by atoms with Gasteiger partial charge >= 0.3 is 0 Å². The highest BCUT2D eigenvalue weighted by molar-refractivity contribution is 7.92. The summed E-state index contributed by atoms with van der Waals surface area (Å²) in [7, 11) is -3.75. The van der Waals surface area contributed by atoms with E-state index >= 15 is 0 Å². The Bertz CT molecular complexity index is 1070. The number of aryl methyl sites for hydroxylation is 1. The van der Waals surface area contributed by atoms with Crippen molar-refractivity contribution < 1.29 is 13.2 Å². The molecule has 1 saturated heterocycles. The van der Waals surface area contributed by atoms with Gasteiger partial charge < -0.3 is 10.2 Å². The first-order valence-corrected chi connectivity index (χ1v) is 11.9. The minimum Gasteiger partial charge on any atom is -0.313 e. The predicted octanol–water partition coefficient (Wildman–Crippen LogP) is 3.49. The van der Waals surface area contributed by atoms with Crippen molar-refractivity contribution in [3.8, 4) is 0 Å². The van der Waals surface area contributed by atoms with E-state index in [2.05, 4.69) is 16.1 Å². The predicted molar refractivity (Wildman–Crippen MR) is 127 cm³/mol. The smallest absolute Gasteiger partial charge is 0.245 e. The van der Waals surface area contributed by atoms with Crippen LogP contribution in [0.4, 0.5) is 5.69 Å². The molecule has 0 saturated carbocycles. The molecule has 1 atom stereocenters. The number of hydrogen-bond donors (Lipinski definition) is 2. The van der Waals surface area contributed by atoms with E-state index in [-0.39, 0.29) is 18.3 Å². The number of carbonyl (C=O) groups is 1. The fourth-order valence-corrected chi connectivity index (χ4v) is 5.00. The average molecular weight is 482 g/mol. The second-order valence-corrected chi connectivity index (χ2v) is 9.62. The largest absolute Gasteiger partial charge is 0.313 e. The normalized spacial score (nSPS) is 19.2. The fourth-order valence-electron chi connectivity index (χ4n) is 3.84. The standard InChI is InChI=1S/C22H24ClN3O3S.ClH/c23-19-6-3-16(4-7-19)10-13-30(28,29)25-21-9-12-26(22(21)27)20-8-5-17-2-1-11-24-15-18(17)14-20;/h3-8,10,13-14,21,24-25H,1-2,9,11-12,15H2;1H/b13-10+;/t21-;/m0./s1. The highest BCUT2D eigenvalue weighted by atomic mass is 35.5. The van der Waals surface area contributed by atoms with Crippen molar-refractivity contribution in [1.29, 1.82) is 0 Å². The minimum atomic E-state index is -3.75. The van der Waals surface area contributed by atoms with E-state index in [0.29, 0.717) is 23.6 Å². The fraction of sp³-hybridized carbons (Fsp3) is 0.318. The van der Waals surface area contributed by atoms with E-state index in [4.69, 9.17) is 11.6 Å². The molecule has 2 heterocycles. The van der Waals surface area contributed by atoms with E-state index in [1.165, 1.54) is 17.2 Å². The van der Waals surface area contributed by atoms with Crippen LogP contribution in [0.5, 0.6) is 0 Å². The molecule has 31 heavy (non-hydrogen) atoms. The van der Waals surface area contributed by atoms with Crippen LogP contribution >= 0.6 is 24.0 Å². The quantitative estimate of drug-likeness (QED) is 0.684. The zero-order valence-corrected chi connectivity index (χ0v) is 19.3. The van der Waals surface area contributed by atoms with Gasteiger partial charge in [-0.05, 0) is 72.8 Å². The summed E-state index contributed by atoms with van der Waals surface area (Å²) in [5.41, 5.74) is 4.04. The van der Waals surface area contributed by atoms with Crippen molar-refractivity contribution in [3.05, 3.63) is 69.6 Å². The number of carbonyl (C=O) groups excluding carboxylic acids is 1. The maximum absolute atomic E-state index is 12.9. The Morgan fingerprint density at radius 1 is 1.13 bits per heavy atom. The molecule has 0 aliphatic carbocycles. The highest BCUT2D eigenvalue weighted by Crippen LogP contribution is 2.26. The van der Waals surface area contributed by atoms with Gasteiger partial charge in [-0.15, -0.1) is 12.4 Å². The van der Waals surface area contributed by atoms with Crippen molar-refractivity contribution in [3.63, 3.8) is 0 Å². The maximum Gasteiger partial charge on any atom is 0.245 e. The molecular weight excluding hydrogens is 457 g/mol. The van der Waals surface area contributed by atoms with Gasteiger partial charge in [-0.25, -0.2) is 8.42 Å². The number of halogens is 2. The summed E-state index contributed by atoms with van der Waals surface area (Å²) in [6.07, 6.45) is 4.04. The van der Waals surface area contributed by atoms with Crippen LogP contribution in [0.3, 0.4) is 0 Å². The van der Waals surface area contributed by atoms with Gasteiger partial charge in [-0.1, -0.05) is 29.8 Å². The van der Waals surface area contributed by atoms with Crippen molar-refractivity contribution in [1.82, 2.24) is 10.0 Å². The number of nitrogens with one attached hydrogen (secondary N) is 2. The zero-order valence-electron chi connectivity index (χ0n) is 16.9. The van der Waals surface area contributed by atoms with Crippen LogP contribution < -0.4 is 14.9 Å². The summed E-state index contributed by atoms with van der Waals surface area (Å²) in [5.74, 6) is -0.222. The molecule has 0 aromatic heterocycles. The Hall–Kier alpha value is -1.90. The van der Waals surface area contributed by atoms with Gasteiger partial charge in [0, 0.05) is 29.2 Å². The number of fused-ring (bicyclic) bond motifs is 1. The molecule has 1 amide bonds. The monoisotopic (exact) mass is 481 g/mol. The number of nitrogens with zero attached hydrogens (tertiary/aromatic N) is 1. The Kier molecular flexibility index (Phi) is 7.78. The topological polar surface area (TPSA) is 78.5 Å². The number of hydrogen-bond acceptors (Lipinski definition) is 4. The van der Waals surface area contributed by atoms with E-state index in [1.54, 1.807) is 29.2 Å². The molecule has 2 aromatic rings. The van der Waals surface area contributed by atoms with Crippen LogP contribution in [0.1, 0.15) is 29.5 Å². The van der Waals surface area contributed by atoms with Crippen LogP contribution in [0.25, 0.3) is 6.08 Å². The van der Waals surface area contributed by atoms with Gasteiger partial charge in [0.25, 0.3) is 0 Å². The number of amides is 1. The van der Waals surface area contributed by atoms with Gasteiger partial charge in [-0.3, -0.25) is 4.79 Å². The lowest BCUT2D eigenvalue weighted by Gasteiger charge is -2.19. The summed E-state index contributed by atoms with van der Waals surface area (Å²) < 4.78 is 27.4. The average Bonchev–Trinajstić information content (AvgIpc) is 2.93. The van der Waals surface area contributed by atoms with Crippen molar-refractivity contribution in [2.45, 2.75) is 31.8 Å². The van der Waals surface area contributed by atoms with E-state index in [9.17, 15) is 13.2 Å². The van der Waals surface area contributed by atoms with E-state index < -0.39 is 16.1 Å². The highest BCUT2D eigenvalue weighted by Gasteiger charge is 2.35. The molecule has 0 radical (unpaired) electrons. The van der Waals surface area contributed by atoms with E-state index in [0.717, 1.165) is 37.0 Å². The summed E-state index contributed by atoms with van der Waals surface area (Å²) in [6.45, 7) is 2.26. The third kappa shape index (κ3) is 5.87. The molecule has 6 nitrogen and oxygen atoms in total. The molecule has 166 valence electrons. The number of rotatable bonds is 5. The van der Waals surface area contributed by atoms with Crippen LogP contribution in [0.15, 0.2) is 47.9 Å². The van der Waals surface area contributed by atoms with Gasteiger partial charge in [0.15, 0.2) is 0 Å². The molecule has 2 aromatic carbocycles. The number of sulfonamides is 1. The van der Waals surface area contributed by atoms with Crippen LogP contribution in [-0.2, 0) is 27.8 Å². The second kappa shape index (κ2) is 10.1. The molecule has 0 bridgehead atoms. The summed E-state index contributed by atoms with van der Waals surface area (Å²) >= 11 is 5.84. The Morgan fingerprint density at radius 2 is 1.90 bits per heavy atom. The van der Waals surface area contributed by atoms with E-state index in [1.807, 2.05) is 12.1 Å². The molecule has 1 fully saturated rings. The molecule has 9 heteroatoms. The molecule has 4 rings (SSSR count). The maximum atomic E-state index is 12.9. The SMILES string of the molecule is Cl.O=C1[C@@H](NS(=O)(=O)/C=C/c2ccc(Cl)cc2)CCN1c1ccc2c(c1)CNCCC2. The summed E-state index contributed by atoms with van der Waals surface area (Å²) in [5, 5.41) is 5.06. The van der Waals surface area contributed by atoms with Crippen LogP contribution in [0.2, 0.25) is 5.02 Å². The van der Waals surface area contributed by atoms with Crippen molar-refractivity contribution in [2.24, 2.45) is 0 Å². The summed E-state index contributed by atoms with van der Waals surface area (Å²) in [6, 6.07) is 12.2. The second-order valence-electron chi connectivity index (χ2n) is 7.58. The lowest BCUT2D eigenvalue weighted by Crippen LogP contribution is -2.40. The lowest BCUT2D eigenvalue weighted by molar-refractivity contribution is -0.118. The Balaban J connectivity index is 0.00000272. The molecular formula is C22H25Cl2N3O3S. The van der Waals surface area contributed by atoms with Crippen LogP contribution in [0, 0.1) is 0 Å². The number of anilines is 1.